The van der Waals surface area contributed by atoms with E-state index < -0.39 is 0 Å². The van der Waals surface area contributed by atoms with Gasteiger partial charge in [0.25, 0.3) is 0 Å². The first-order valence-electron chi connectivity index (χ1n) is 7.74. The number of rotatable bonds is 8. The summed E-state index contributed by atoms with van der Waals surface area (Å²) in [4.78, 5) is 15.4. The maximum Gasteiger partial charge on any atom is 0.221 e. The minimum atomic E-state index is 0.115. The average Bonchev–Trinajstić information content (AvgIpc) is 3.01. The number of carbonyl (C=O) groups excluding carboxylic acids is 1. The molecular weight excluding hydrogens is 292 g/mol. The molecule has 0 bridgehead atoms. The number of benzene rings is 1. The van der Waals surface area contributed by atoms with Crippen LogP contribution >= 0.6 is 11.8 Å². The zero-order valence-corrected chi connectivity index (χ0v) is 14.0. The third-order valence-electron chi connectivity index (χ3n) is 3.35. The van der Waals surface area contributed by atoms with Gasteiger partial charge < -0.3 is 10.3 Å². The van der Waals surface area contributed by atoms with Gasteiger partial charge in [0, 0.05) is 24.9 Å². The van der Waals surface area contributed by atoms with Gasteiger partial charge in [0.15, 0.2) is 0 Å². The maximum atomic E-state index is 12.2. The Morgan fingerprint density at radius 3 is 2.59 bits per heavy atom. The molecule has 2 aromatic rings. The number of aromatic amines is 1. The molecule has 0 radical (unpaired) electrons. The van der Waals surface area contributed by atoms with Crippen LogP contribution in [0.1, 0.15) is 36.8 Å². The first-order valence-corrected chi connectivity index (χ1v) is 8.69. The van der Waals surface area contributed by atoms with Crippen LogP contribution in [0.25, 0.3) is 0 Å². The molecule has 2 N–H and O–H groups in total. The predicted molar refractivity (Wildman–Crippen MR) is 94.0 cm³/mol. The largest absolute Gasteiger partial charge is 0.364 e. The van der Waals surface area contributed by atoms with Crippen molar-refractivity contribution in [3.05, 3.63) is 59.9 Å². The fourth-order valence-electron chi connectivity index (χ4n) is 2.34. The molecule has 2 rings (SSSR count). The Kier molecular flexibility index (Phi) is 6.59. The summed E-state index contributed by atoms with van der Waals surface area (Å²) in [6.07, 6.45) is 3.30. The van der Waals surface area contributed by atoms with Gasteiger partial charge >= 0.3 is 0 Å². The Hall–Kier alpha value is -1.68. The van der Waals surface area contributed by atoms with Gasteiger partial charge in [0.05, 0.1) is 5.25 Å². The Balaban J connectivity index is 1.81. The van der Waals surface area contributed by atoms with Gasteiger partial charge in [-0.05, 0) is 29.4 Å². The van der Waals surface area contributed by atoms with Crippen molar-refractivity contribution in [2.24, 2.45) is 0 Å². The lowest BCUT2D eigenvalue weighted by molar-refractivity contribution is -0.121. The molecular formula is C18H24N2OS. The van der Waals surface area contributed by atoms with Gasteiger partial charge in [0.1, 0.15) is 0 Å². The van der Waals surface area contributed by atoms with Crippen molar-refractivity contribution in [1.29, 1.82) is 0 Å². The number of hydrogen-bond donors (Lipinski definition) is 2. The van der Waals surface area contributed by atoms with Gasteiger partial charge in [-0.2, -0.15) is 0 Å². The zero-order valence-electron chi connectivity index (χ0n) is 13.2. The third kappa shape index (κ3) is 5.60. The van der Waals surface area contributed by atoms with Gasteiger partial charge in [-0.25, -0.2) is 0 Å². The van der Waals surface area contributed by atoms with Crippen LogP contribution in [0.5, 0.6) is 0 Å². The topological polar surface area (TPSA) is 44.9 Å². The van der Waals surface area contributed by atoms with Crippen LogP contribution in [0, 0.1) is 0 Å². The standard InChI is InChI=1S/C18H24N2OS/c1-14(2)22-17(16-9-6-11-19-16)13-18(21)20-12-10-15-7-4-3-5-8-15/h3-9,11,14,17,19H,10,12-13H2,1-2H3,(H,20,21). The monoisotopic (exact) mass is 316 g/mol. The van der Waals surface area contributed by atoms with Crippen LogP contribution in [0.3, 0.4) is 0 Å². The van der Waals surface area contributed by atoms with E-state index in [0.717, 1.165) is 12.1 Å². The molecule has 0 aliphatic heterocycles. The minimum Gasteiger partial charge on any atom is -0.364 e. The molecule has 22 heavy (non-hydrogen) atoms. The zero-order chi connectivity index (χ0) is 15.8. The Morgan fingerprint density at radius 2 is 1.95 bits per heavy atom. The fraction of sp³-hybridized carbons (Fsp3) is 0.389. The van der Waals surface area contributed by atoms with E-state index in [0.29, 0.717) is 18.2 Å². The Bertz CT molecular complexity index is 552. The van der Waals surface area contributed by atoms with Crippen LogP contribution in [-0.2, 0) is 11.2 Å². The molecule has 3 nitrogen and oxygen atoms in total. The van der Waals surface area contributed by atoms with Crippen molar-refractivity contribution < 1.29 is 4.79 Å². The number of thioether (sulfide) groups is 1. The highest BCUT2D eigenvalue weighted by Gasteiger charge is 2.18. The molecule has 0 aliphatic carbocycles. The normalized spacial score (nSPS) is 12.3. The second-order valence-electron chi connectivity index (χ2n) is 5.59. The molecule has 0 aliphatic rings. The minimum absolute atomic E-state index is 0.115. The summed E-state index contributed by atoms with van der Waals surface area (Å²) in [6.45, 7) is 5.01. The van der Waals surface area contributed by atoms with E-state index in [9.17, 15) is 4.79 Å². The van der Waals surface area contributed by atoms with Crippen LogP contribution in [0.15, 0.2) is 48.7 Å². The Morgan fingerprint density at radius 1 is 1.18 bits per heavy atom. The van der Waals surface area contributed by atoms with Crippen molar-refractivity contribution in [2.45, 2.75) is 37.2 Å². The maximum absolute atomic E-state index is 12.2. The van der Waals surface area contributed by atoms with Gasteiger partial charge in [-0.3, -0.25) is 4.79 Å². The number of H-pyrrole nitrogens is 1. The lowest BCUT2D eigenvalue weighted by atomic mass is 10.1. The second-order valence-corrected chi connectivity index (χ2v) is 7.37. The van der Waals surface area contributed by atoms with E-state index in [1.807, 2.05) is 42.2 Å². The number of aromatic nitrogens is 1. The lowest BCUT2D eigenvalue weighted by Gasteiger charge is -2.17. The van der Waals surface area contributed by atoms with E-state index in [4.69, 9.17) is 0 Å². The van der Waals surface area contributed by atoms with Crippen LogP contribution < -0.4 is 5.32 Å². The lowest BCUT2D eigenvalue weighted by Crippen LogP contribution is -2.27. The second kappa shape index (κ2) is 8.69. The number of nitrogens with one attached hydrogen (secondary N) is 2. The smallest absolute Gasteiger partial charge is 0.221 e. The van der Waals surface area contributed by atoms with E-state index in [-0.39, 0.29) is 11.2 Å². The molecule has 1 unspecified atom stereocenters. The van der Waals surface area contributed by atoms with E-state index in [2.05, 4.69) is 42.3 Å². The van der Waals surface area contributed by atoms with Crippen molar-refractivity contribution in [1.82, 2.24) is 10.3 Å². The summed E-state index contributed by atoms with van der Waals surface area (Å²) in [7, 11) is 0. The van der Waals surface area contributed by atoms with E-state index in [1.165, 1.54) is 5.56 Å². The highest BCUT2D eigenvalue weighted by Crippen LogP contribution is 2.33. The van der Waals surface area contributed by atoms with Gasteiger partial charge in [0.2, 0.25) is 5.91 Å². The van der Waals surface area contributed by atoms with Crippen LogP contribution in [-0.4, -0.2) is 22.7 Å². The third-order valence-corrected chi connectivity index (χ3v) is 4.65. The molecule has 1 aromatic carbocycles. The molecule has 1 heterocycles. The summed E-state index contributed by atoms with van der Waals surface area (Å²) in [5.74, 6) is 0.115. The fourth-order valence-corrected chi connectivity index (χ4v) is 3.53. The molecule has 0 spiro atoms. The Labute approximate surface area is 136 Å². The van der Waals surface area contributed by atoms with Crippen LogP contribution in [0.4, 0.5) is 0 Å². The number of carbonyl (C=O) groups is 1. The van der Waals surface area contributed by atoms with Crippen molar-refractivity contribution in [3.8, 4) is 0 Å². The van der Waals surface area contributed by atoms with Crippen molar-refractivity contribution >= 4 is 17.7 Å². The highest BCUT2D eigenvalue weighted by atomic mass is 32.2. The molecule has 1 amide bonds. The summed E-state index contributed by atoms with van der Waals surface area (Å²) in [5.41, 5.74) is 2.37. The quantitative estimate of drug-likeness (QED) is 0.774. The SMILES string of the molecule is CC(C)SC(CC(=O)NCCc1ccccc1)c1ccc[nH]1. The van der Waals surface area contributed by atoms with E-state index in [1.54, 1.807) is 0 Å². The van der Waals surface area contributed by atoms with Crippen LogP contribution in [0.2, 0.25) is 0 Å². The molecule has 0 saturated carbocycles. The first-order chi connectivity index (χ1) is 10.6. The predicted octanol–water partition coefficient (Wildman–Crippen LogP) is 3.95. The molecule has 118 valence electrons. The molecule has 4 heteroatoms. The number of hydrogen-bond acceptors (Lipinski definition) is 2. The highest BCUT2D eigenvalue weighted by molar-refractivity contribution is 8.00. The summed E-state index contributed by atoms with van der Waals surface area (Å²) >= 11 is 1.82. The molecule has 1 atom stereocenters. The molecule has 0 saturated heterocycles. The molecule has 0 fully saturated rings. The average molecular weight is 316 g/mol. The van der Waals surface area contributed by atoms with Gasteiger partial charge in [-0.15, -0.1) is 11.8 Å². The van der Waals surface area contributed by atoms with Gasteiger partial charge in [-0.1, -0.05) is 44.2 Å². The first kappa shape index (κ1) is 16.7. The summed E-state index contributed by atoms with van der Waals surface area (Å²) < 4.78 is 0. The van der Waals surface area contributed by atoms with Crippen molar-refractivity contribution in [3.63, 3.8) is 0 Å². The summed E-state index contributed by atoms with van der Waals surface area (Å²) in [6, 6.07) is 14.3. The van der Waals surface area contributed by atoms with E-state index >= 15 is 0 Å². The molecule has 1 aromatic heterocycles. The number of amides is 1. The summed E-state index contributed by atoms with van der Waals surface area (Å²) in [5, 5.41) is 3.71. The van der Waals surface area contributed by atoms with Crippen molar-refractivity contribution in [2.75, 3.05) is 6.54 Å².